The van der Waals surface area contributed by atoms with E-state index >= 15 is 0 Å². The van der Waals surface area contributed by atoms with Crippen molar-refractivity contribution in [3.05, 3.63) is 64.7 Å². The van der Waals surface area contributed by atoms with Crippen LogP contribution in [0.5, 0.6) is 0 Å². The molecule has 2 aromatic carbocycles. The number of rotatable bonds is 2. The van der Waals surface area contributed by atoms with E-state index in [0.29, 0.717) is 6.07 Å². The van der Waals surface area contributed by atoms with Crippen molar-refractivity contribution in [3.63, 3.8) is 0 Å². The van der Waals surface area contributed by atoms with Crippen LogP contribution in [0.25, 0.3) is 0 Å². The number of nitrogens with one attached hydrogen (secondary N) is 3. The molecular formula is C14H10ClF2N3OS. The molecule has 0 heterocycles. The molecule has 0 aromatic heterocycles. The van der Waals surface area contributed by atoms with Crippen molar-refractivity contribution in [1.29, 1.82) is 0 Å². The van der Waals surface area contributed by atoms with Gasteiger partial charge >= 0.3 is 0 Å². The number of thiocarbonyl (C=S) groups is 1. The highest BCUT2D eigenvalue weighted by Crippen LogP contribution is 2.19. The normalized spacial score (nSPS) is 9.95. The van der Waals surface area contributed by atoms with E-state index in [1.54, 1.807) is 12.1 Å². The summed E-state index contributed by atoms with van der Waals surface area (Å²) in [5, 5.41) is 2.74. The fraction of sp³-hybridized carbons (Fsp3) is 0. The first-order valence-electron chi connectivity index (χ1n) is 6.04. The molecule has 0 aliphatic rings. The number of benzene rings is 2. The smallest absolute Gasteiger partial charge is 0.271 e. The number of amides is 1. The van der Waals surface area contributed by atoms with Gasteiger partial charge in [0.2, 0.25) is 0 Å². The van der Waals surface area contributed by atoms with Gasteiger partial charge in [-0.05, 0) is 36.5 Å². The number of hydrazine groups is 1. The molecule has 0 radical (unpaired) electrons. The van der Waals surface area contributed by atoms with Gasteiger partial charge in [0.05, 0.1) is 10.6 Å². The molecule has 0 saturated carbocycles. The van der Waals surface area contributed by atoms with Crippen LogP contribution in [0.15, 0.2) is 42.5 Å². The predicted octanol–water partition coefficient (Wildman–Crippen LogP) is 3.25. The molecule has 4 nitrogen and oxygen atoms in total. The molecule has 2 aromatic rings. The number of hydrogen-bond donors (Lipinski definition) is 3. The van der Waals surface area contributed by atoms with E-state index in [1.807, 2.05) is 18.2 Å². The van der Waals surface area contributed by atoms with E-state index in [2.05, 4.69) is 16.2 Å². The lowest BCUT2D eigenvalue weighted by molar-refractivity contribution is 0.0944. The topological polar surface area (TPSA) is 53.2 Å². The van der Waals surface area contributed by atoms with Gasteiger partial charge in [-0.1, -0.05) is 29.8 Å². The Kier molecular flexibility index (Phi) is 5.24. The highest BCUT2D eigenvalue weighted by atomic mass is 35.5. The number of carbonyl (C=O) groups is 1. The number of anilines is 1. The van der Waals surface area contributed by atoms with Gasteiger partial charge in [-0.2, -0.15) is 0 Å². The molecule has 0 fully saturated rings. The van der Waals surface area contributed by atoms with Crippen molar-refractivity contribution < 1.29 is 13.6 Å². The van der Waals surface area contributed by atoms with Gasteiger partial charge in [-0.25, -0.2) is 8.78 Å². The van der Waals surface area contributed by atoms with Gasteiger partial charge in [-0.15, -0.1) is 0 Å². The molecule has 3 N–H and O–H groups in total. The summed E-state index contributed by atoms with van der Waals surface area (Å²) in [6, 6.07) is 10.5. The molecule has 0 spiro atoms. The zero-order valence-corrected chi connectivity index (χ0v) is 12.6. The number of halogens is 3. The highest BCUT2D eigenvalue weighted by Gasteiger charge is 2.15. The Hall–Kier alpha value is -2.25. The summed E-state index contributed by atoms with van der Waals surface area (Å²) in [7, 11) is 0. The second kappa shape index (κ2) is 7.15. The van der Waals surface area contributed by atoms with Crippen LogP contribution in [0.4, 0.5) is 14.5 Å². The molecule has 114 valence electrons. The molecule has 0 saturated heterocycles. The maximum atomic E-state index is 13.1. The average Bonchev–Trinajstić information content (AvgIpc) is 2.49. The predicted molar refractivity (Wildman–Crippen MR) is 84.6 cm³/mol. The van der Waals surface area contributed by atoms with Gasteiger partial charge in [0.15, 0.2) is 16.7 Å². The van der Waals surface area contributed by atoms with Gasteiger partial charge in [0.25, 0.3) is 5.91 Å². The Morgan fingerprint density at radius 1 is 1.05 bits per heavy atom. The van der Waals surface area contributed by atoms with Crippen LogP contribution >= 0.6 is 23.8 Å². The van der Waals surface area contributed by atoms with Gasteiger partial charge < -0.3 is 5.32 Å². The second-order valence-corrected chi connectivity index (χ2v) is 4.96. The number of carbonyl (C=O) groups excluding carboxylic acids is 1. The molecular weight excluding hydrogens is 332 g/mol. The molecule has 0 bridgehead atoms. The fourth-order valence-electron chi connectivity index (χ4n) is 1.56. The Morgan fingerprint density at radius 2 is 1.68 bits per heavy atom. The van der Waals surface area contributed by atoms with Crippen LogP contribution < -0.4 is 16.2 Å². The van der Waals surface area contributed by atoms with Crippen molar-refractivity contribution in [3.8, 4) is 0 Å². The van der Waals surface area contributed by atoms with Crippen molar-refractivity contribution in [1.82, 2.24) is 10.9 Å². The van der Waals surface area contributed by atoms with Gasteiger partial charge in [0, 0.05) is 5.69 Å². The Labute approximate surface area is 135 Å². The van der Waals surface area contributed by atoms with Crippen LogP contribution in [0.2, 0.25) is 5.02 Å². The van der Waals surface area contributed by atoms with Gasteiger partial charge in [0.1, 0.15) is 0 Å². The van der Waals surface area contributed by atoms with E-state index in [9.17, 15) is 13.6 Å². The molecule has 0 aliphatic carbocycles. The van der Waals surface area contributed by atoms with E-state index in [4.69, 9.17) is 23.8 Å². The van der Waals surface area contributed by atoms with Crippen LogP contribution in [0.3, 0.4) is 0 Å². The SMILES string of the molecule is O=C(NNC(=S)Nc1ccccc1)c1cc(F)c(F)cc1Cl. The van der Waals surface area contributed by atoms with Crippen LogP contribution in [-0.4, -0.2) is 11.0 Å². The first-order valence-corrected chi connectivity index (χ1v) is 6.83. The largest absolute Gasteiger partial charge is 0.331 e. The Bertz CT molecular complexity index is 713. The Balaban J connectivity index is 1.95. The first-order chi connectivity index (χ1) is 10.5. The zero-order chi connectivity index (χ0) is 16.1. The summed E-state index contributed by atoms with van der Waals surface area (Å²) in [6.45, 7) is 0. The highest BCUT2D eigenvalue weighted by molar-refractivity contribution is 7.80. The minimum absolute atomic E-state index is 0.123. The van der Waals surface area contributed by atoms with E-state index < -0.39 is 17.5 Å². The van der Waals surface area contributed by atoms with Crippen LogP contribution in [-0.2, 0) is 0 Å². The minimum Gasteiger partial charge on any atom is -0.331 e. The van der Waals surface area contributed by atoms with Crippen molar-refractivity contribution >= 4 is 40.5 Å². The average molecular weight is 342 g/mol. The lowest BCUT2D eigenvalue weighted by Crippen LogP contribution is -2.43. The monoisotopic (exact) mass is 341 g/mol. The fourth-order valence-corrected chi connectivity index (χ4v) is 1.97. The van der Waals surface area contributed by atoms with E-state index in [0.717, 1.165) is 11.8 Å². The quantitative estimate of drug-likeness (QED) is 0.446. The molecule has 22 heavy (non-hydrogen) atoms. The molecule has 8 heteroatoms. The summed E-state index contributed by atoms with van der Waals surface area (Å²) < 4.78 is 26.1. The lowest BCUT2D eigenvalue weighted by Gasteiger charge is -2.12. The second-order valence-electron chi connectivity index (χ2n) is 4.15. The standard InChI is InChI=1S/C14H10ClF2N3OS/c15-10-7-12(17)11(16)6-9(10)13(21)19-20-14(22)18-8-4-2-1-3-5-8/h1-7H,(H,19,21)(H2,18,20,22). The maximum absolute atomic E-state index is 13.1. The molecule has 0 unspecified atom stereocenters. The first kappa shape index (κ1) is 16.1. The maximum Gasteiger partial charge on any atom is 0.271 e. The van der Waals surface area contributed by atoms with Crippen molar-refractivity contribution in [2.45, 2.75) is 0 Å². The van der Waals surface area contributed by atoms with E-state index in [1.165, 1.54) is 0 Å². The third kappa shape index (κ3) is 4.12. The number of para-hydroxylation sites is 1. The van der Waals surface area contributed by atoms with E-state index in [-0.39, 0.29) is 15.7 Å². The lowest BCUT2D eigenvalue weighted by atomic mass is 10.2. The summed E-state index contributed by atoms with van der Waals surface area (Å²) in [5.41, 5.74) is 5.19. The molecule has 2 rings (SSSR count). The summed E-state index contributed by atoms with van der Waals surface area (Å²) in [6.07, 6.45) is 0. The van der Waals surface area contributed by atoms with Crippen molar-refractivity contribution in [2.75, 3.05) is 5.32 Å². The van der Waals surface area contributed by atoms with Crippen molar-refractivity contribution in [2.24, 2.45) is 0 Å². The third-order valence-corrected chi connectivity index (χ3v) is 3.09. The molecule has 1 amide bonds. The summed E-state index contributed by atoms with van der Waals surface area (Å²) in [4.78, 5) is 11.9. The van der Waals surface area contributed by atoms with Crippen LogP contribution in [0.1, 0.15) is 10.4 Å². The minimum atomic E-state index is -1.17. The summed E-state index contributed by atoms with van der Waals surface area (Å²) in [5.74, 6) is -3.04. The van der Waals surface area contributed by atoms with Gasteiger partial charge in [-0.3, -0.25) is 15.6 Å². The van der Waals surface area contributed by atoms with Crippen LogP contribution in [0, 0.1) is 11.6 Å². The molecule has 0 atom stereocenters. The number of hydrogen-bond acceptors (Lipinski definition) is 2. The summed E-state index contributed by atoms with van der Waals surface area (Å²) >= 11 is 10.7. The third-order valence-electron chi connectivity index (χ3n) is 2.58. The molecule has 0 aliphatic heterocycles. The Morgan fingerprint density at radius 3 is 2.36 bits per heavy atom. The zero-order valence-electron chi connectivity index (χ0n) is 11.0.